The molecule has 1 atom stereocenters. The van der Waals surface area contributed by atoms with Crippen LogP contribution in [-0.2, 0) is 31.5 Å². The van der Waals surface area contributed by atoms with E-state index in [9.17, 15) is 4.79 Å². The highest BCUT2D eigenvalue weighted by Crippen LogP contribution is 2.46. The molecule has 11 heteroatoms. The lowest BCUT2D eigenvalue weighted by molar-refractivity contribution is -0.943. The predicted octanol–water partition coefficient (Wildman–Crippen LogP) is 6.65. The molecule has 2 bridgehead atoms. The number of carbonyl (C=O) groups excluding carboxylic acids is 1. The van der Waals surface area contributed by atoms with Gasteiger partial charge >= 0.3 is 0 Å². The van der Waals surface area contributed by atoms with Crippen LogP contribution in [0.25, 0.3) is 0 Å². The number of fused-ring (bicyclic) bond motifs is 3. The number of carbonyl (C=O) groups is 1. The molecule has 3 saturated heterocycles. The zero-order valence-electron chi connectivity index (χ0n) is 27.7. The van der Waals surface area contributed by atoms with Crippen molar-refractivity contribution in [2.75, 3.05) is 52.6 Å². The number of likely N-dealkylation sites (N-methyl/N-ethyl adjacent to an activating group) is 1. The number of quaternary nitrogens is 1. The van der Waals surface area contributed by atoms with Crippen molar-refractivity contribution >= 4 is 39.2 Å². The van der Waals surface area contributed by atoms with Crippen LogP contribution in [0.15, 0.2) is 72.8 Å². The van der Waals surface area contributed by atoms with E-state index in [1.807, 2.05) is 57.3 Å². The third-order valence-electron chi connectivity index (χ3n) is 9.27. The monoisotopic (exact) mass is 704 g/mol. The van der Waals surface area contributed by atoms with Gasteiger partial charge in [0.2, 0.25) is 5.91 Å². The second-order valence-electron chi connectivity index (χ2n) is 13.1. The Kier molecular flexibility index (Phi) is 12.8. The van der Waals surface area contributed by atoms with E-state index < -0.39 is 10.1 Å². The Morgan fingerprint density at radius 3 is 2.19 bits per heavy atom. The van der Waals surface area contributed by atoms with Crippen molar-refractivity contribution in [1.82, 2.24) is 4.90 Å². The summed E-state index contributed by atoms with van der Waals surface area (Å²) in [6.45, 7) is 9.58. The Bertz CT molecular complexity index is 1570. The summed E-state index contributed by atoms with van der Waals surface area (Å²) < 4.78 is 40.7. The van der Waals surface area contributed by atoms with Crippen molar-refractivity contribution < 1.29 is 31.7 Å². The van der Waals surface area contributed by atoms with Gasteiger partial charge in [0, 0.05) is 38.0 Å². The molecule has 3 aromatic rings. The van der Waals surface area contributed by atoms with Gasteiger partial charge in [0.15, 0.2) is 0 Å². The van der Waals surface area contributed by atoms with Gasteiger partial charge in [0.05, 0.1) is 65.5 Å². The van der Waals surface area contributed by atoms with Gasteiger partial charge in [0.25, 0.3) is 0 Å². The molecule has 3 aliphatic heterocycles. The van der Waals surface area contributed by atoms with Gasteiger partial charge in [-0.05, 0) is 54.8 Å². The van der Waals surface area contributed by atoms with E-state index in [2.05, 4.69) is 30.3 Å². The van der Waals surface area contributed by atoms with Crippen LogP contribution in [0.4, 0.5) is 0 Å². The molecule has 3 heterocycles. The maximum absolute atomic E-state index is 13.3. The Labute approximate surface area is 289 Å². The van der Waals surface area contributed by atoms with Crippen molar-refractivity contribution in [2.24, 2.45) is 0 Å². The van der Waals surface area contributed by atoms with E-state index in [0.717, 1.165) is 27.9 Å². The molecule has 6 rings (SSSR count). The van der Waals surface area contributed by atoms with Crippen LogP contribution < -0.4 is 4.74 Å². The molecule has 0 radical (unpaired) electrons. The van der Waals surface area contributed by atoms with E-state index in [-0.39, 0.29) is 18.1 Å². The van der Waals surface area contributed by atoms with Crippen LogP contribution >= 0.6 is 23.2 Å². The standard InChI is InChI=1S/C35H43Cl2N2O3.CH4O3S/c1-26(2)42-30-11-7-8-27(22-30)23-34(40)38(3)25-33(28-12-13-31(36)32(37)24-28)41-21-20-39-17-14-35(15-18-39,16-19-39)29-9-5-4-6-10-29;1-5(2,3)4/h4-13,22,24,26,33H,14-21,23,25H2,1-3H3;1H3,(H,2,3,4)/q+1;/p-1. The molecule has 1 amide bonds. The van der Waals surface area contributed by atoms with Gasteiger partial charge in [-0.3, -0.25) is 4.79 Å². The number of hydrogen-bond acceptors (Lipinski definition) is 6. The first-order chi connectivity index (χ1) is 22.2. The maximum Gasteiger partial charge on any atom is 0.226 e. The maximum atomic E-state index is 13.3. The van der Waals surface area contributed by atoms with Gasteiger partial charge in [0.1, 0.15) is 18.4 Å². The van der Waals surface area contributed by atoms with E-state index in [1.165, 1.54) is 44.5 Å². The average Bonchev–Trinajstić information content (AvgIpc) is 3.02. The Morgan fingerprint density at radius 1 is 0.957 bits per heavy atom. The van der Waals surface area contributed by atoms with Crippen LogP contribution in [-0.4, -0.2) is 87.0 Å². The summed E-state index contributed by atoms with van der Waals surface area (Å²) in [5, 5.41) is 0.999. The number of nitrogens with zero attached hydrogens (tertiary/aromatic N) is 2. The SMILES string of the molecule is CC(C)Oc1cccc(CC(=O)N(C)CC(OCC[N+]23CCC(c4ccccc4)(CC2)CC3)c2ccc(Cl)c(Cl)c2)c1.CS(=O)(=O)[O-]. The summed E-state index contributed by atoms with van der Waals surface area (Å²) in [7, 11) is -2.08. The second-order valence-corrected chi connectivity index (χ2v) is 15.4. The number of hydrogen-bond donors (Lipinski definition) is 0. The Balaban J connectivity index is 0.000000930. The normalized spacial score (nSPS) is 21.1. The molecule has 0 aromatic heterocycles. The van der Waals surface area contributed by atoms with E-state index in [0.29, 0.717) is 41.3 Å². The molecule has 8 nitrogen and oxygen atoms in total. The second kappa shape index (κ2) is 16.2. The molecule has 1 unspecified atom stereocenters. The minimum absolute atomic E-state index is 0.0246. The minimum Gasteiger partial charge on any atom is -0.748 e. The number of rotatable bonds is 12. The summed E-state index contributed by atoms with van der Waals surface area (Å²) in [4.78, 5) is 15.0. The van der Waals surface area contributed by atoms with Crippen molar-refractivity contribution in [3.63, 3.8) is 0 Å². The summed E-state index contributed by atoms with van der Waals surface area (Å²) in [5.74, 6) is 0.801. The van der Waals surface area contributed by atoms with Gasteiger partial charge < -0.3 is 23.4 Å². The van der Waals surface area contributed by atoms with Crippen molar-refractivity contribution in [2.45, 2.75) is 57.2 Å². The molecule has 0 spiro atoms. The first-order valence-electron chi connectivity index (χ1n) is 16.0. The topological polar surface area (TPSA) is 96.0 Å². The van der Waals surface area contributed by atoms with Crippen LogP contribution in [0.3, 0.4) is 0 Å². The number of benzene rings is 3. The fourth-order valence-corrected chi connectivity index (χ4v) is 6.95. The largest absolute Gasteiger partial charge is 0.748 e. The third kappa shape index (κ3) is 10.9. The molecule has 3 aliphatic rings. The third-order valence-corrected chi connectivity index (χ3v) is 10.0. The molecular formula is C36H46Cl2N2O6S. The summed E-state index contributed by atoms with van der Waals surface area (Å²) in [6, 6.07) is 24.4. The fourth-order valence-electron chi connectivity index (χ4n) is 6.64. The lowest BCUT2D eigenvalue weighted by Gasteiger charge is -2.55. The predicted molar refractivity (Wildman–Crippen MR) is 186 cm³/mol. The fraction of sp³-hybridized carbons (Fsp3) is 0.472. The van der Waals surface area contributed by atoms with Gasteiger partial charge in [-0.1, -0.05) is 71.7 Å². The molecule has 0 N–H and O–H groups in total. The van der Waals surface area contributed by atoms with Crippen LogP contribution in [0.2, 0.25) is 10.0 Å². The first-order valence-corrected chi connectivity index (χ1v) is 18.6. The molecule has 0 aliphatic carbocycles. The number of piperidine rings is 3. The summed E-state index contributed by atoms with van der Waals surface area (Å²) in [6.07, 6.45) is 4.36. The molecular weight excluding hydrogens is 659 g/mol. The smallest absolute Gasteiger partial charge is 0.226 e. The summed E-state index contributed by atoms with van der Waals surface area (Å²) in [5.41, 5.74) is 3.70. The Morgan fingerprint density at radius 2 is 1.60 bits per heavy atom. The molecule has 0 saturated carbocycles. The lowest BCUT2D eigenvalue weighted by atomic mass is 9.66. The highest BCUT2D eigenvalue weighted by Gasteiger charge is 2.49. The van der Waals surface area contributed by atoms with E-state index >= 15 is 0 Å². The van der Waals surface area contributed by atoms with Crippen LogP contribution in [0, 0.1) is 0 Å². The zero-order valence-corrected chi connectivity index (χ0v) is 30.0. The van der Waals surface area contributed by atoms with Gasteiger partial charge in [-0.25, -0.2) is 8.42 Å². The minimum atomic E-state index is -3.92. The van der Waals surface area contributed by atoms with Crippen LogP contribution in [0.5, 0.6) is 5.75 Å². The van der Waals surface area contributed by atoms with E-state index in [4.69, 9.17) is 45.6 Å². The highest BCUT2D eigenvalue weighted by atomic mass is 35.5. The Hall–Kier alpha value is -2.66. The van der Waals surface area contributed by atoms with Crippen molar-refractivity contribution in [3.05, 3.63) is 99.5 Å². The lowest BCUT2D eigenvalue weighted by Crippen LogP contribution is -2.63. The average molecular weight is 706 g/mol. The van der Waals surface area contributed by atoms with Crippen molar-refractivity contribution in [3.8, 4) is 5.75 Å². The van der Waals surface area contributed by atoms with Gasteiger partial charge in [-0.15, -0.1) is 0 Å². The molecule has 256 valence electrons. The summed E-state index contributed by atoms with van der Waals surface area (Å²) >= 11 is 12.6. The van der Waals surface area contributed by atoms with Gasteiger partial charge in [-0.2, -0.15) is 0 Å². The zero-order chi connectivity index (χ0) is 34.2. The quantitative estimate of drug-likeness (QED) is 0.155. The van der Waals surface area contributed by atoms with Crippen LogP contribution in [0.1, 0.15) is 55.9 Å². The number of halogens is 2. The number of ether oxygens (including phenoxy) is 2. The molecule has 47 heavy (non-hydrogen) atoms. The highest BCUT2D eigenvalue weighted by molar-refractivity contribution is 7.84. The molecule has 3 fully saturated rings. The number of amides is 1. The molecule has 3 aromatic carbocycles. The first kappa shape index (κ1) is 37.2. The van der Waals surface area contributed by atoms with Crippen molar-refractivity contribution in [1.29, 1.82) is 0 Å². The van der Waals surface area contributed by atoms with E-state index in [1.54, 1.807) is 11.0 Å².